The van der Waals surface area contributed by atoms with Crippen molar-refractivity contribution in [3.8, 4) is 17.0 Å². The van der Waals surface area contributed by atoms with Gasteiger partial charge in [-0.3, -0.25) is 0 Å². The van der Waals surface area contributed by atoms with E-state index in [4.69, 9.17) is 15.0 Å². The first-order valence-electron chi connectivity index (χ1n) is 4.82. The molecule has 0 radical (unpaired) electrons. The van der Waals surface area contributed by atoms with Crippen LogP contribution in [0, 0.1) is 0 Å². The Morgan fingerprint density at radius 2 is 2.27 bits per heavy atom. The number of rotatable bonds is 1. The molecule has 15 heavy (non-hydrogen) atoms. The van der Waals surface area contributed by atoms with Gasteiger partial charge in [0.2, 0.25) is 5.88 Å². The number of anilines is 1. The molecule has 0 aliphatic carbocycles. The van der Waals surface area contributed by atoms with Crippen molar-refractivity contribution < 1.29 is 9.26 Å². The van der Waals surface area contributed by atoms with Crippen molar-refractivity contribution in [2.45, 2.75) is 6.42 Å². The summed E-state index contributed by atoms with van der Waals surface area (Å²) in [5, 5.41) is 3.91. The van der Waals surface area contributed by atoms with Crippen LogP contribution in [0.5, 0.6) is 5.75 Å². The van der Waals surface area contributed by atoms with E-state index in [9.17, 15) is 0 Å². The minimum absolute atomic E-state index is 0.335. The number of hydrogen-bond donors (Lipinski definition) is 1. The normalized spacial score (nSPS) is 13.6. The number of aromatic nitrogens is 1. The summed E-state index contributed by atoms with van der Waals surface area (Å²) >= 11 is 0. The van der Waals surface area contributed by atoms with Crippen molar-refractivity contribution in [2.75, 3.05) is 12.3 Å². The van der Waals surface area contributed by atoms with Gasteiger partial charge >= 0.3 is 0 Å². The first-order valence-corrected chi connectivity index (χ1v) is 4.82. The van der Waals surface area contributed by atoms with E-state index >= 15 is 0 Å². The lowest BCUT2D eigenvalue weighted by Crippen LogP contribution is -1.87. The largest absolute Gasteiger partial charge is 0.493 e. The quantitative estimate of drug-likeness (QED) is 0.766. The number of benzene rings is 1. The molecule has 4 nitrogen and oxygen atoms in total. The number of ether oxygens (including phenoxy) is 1. The van der Waals surface area contributed by atoms with Gasteiger partial charge in [0.1, 0.15) is 11.4 Å². The summed E-state index contributed by atoms with van der Waals surface area (Å²) < 4.78 is 10.3. The van der Waals surface area contributed by atoms with E-state index in [1.165, 1.54) is 5.56 Å². The van der Waals surface area contributed by atoms with Crippen molar-refractivity contribution in [1.29, 1.82) is 0 Å². The van der Waals surface area contributed by atoms with Crippen molar-refractivity contribution in [1.82, 2.24) is 5.16 Å². The Hall–Kier alpha value is -1.97. The van der Waals surface area contributed by atoms with Gasteiger partial charge < -0.3 is 15.0 Å². The second-order valence-electron chi connectivity index (χ2n) is 3.50. The summed E-state index contributed by atoms with van der Waals surface area (Å²) in [6, 6.07) is 7.65. The summed E-state index contributed by atoms with van der Waals surface area (Å²) in [7, 11) is 0. The molecule has 0 atom stereocenters. The molecule has 1 aliphatic rings. The molecule has 76 valence electrons. The summed E-state index contributed by atoms with van der Waals surface area (Å²) in [4.78, 5) is 0. The van der Waals surface area contributed by atoms with E-state index in [0.717, 1.165) is 30.0 Å². The Kier molecular flexibility index (Phi) is 1.68. The van der Waals surface area contributed by atoms with Gasteiger partial charge in [-0.25, -0.2) is 0 Å². The Labute approximate surface area is 86.6 Å². The Morgan fingerprint density at radius 1 is 1.33 bits per heavy atom. The van der Waals surface area contributed by atoms with Gasteiger partial charge in [0.05, 0.1) is 6.61 Å². The van der Waals surface area contributed by atoms with Crippen LogP contribution >= 0.6 is 0 Å². The van der Waals surface area contributed by atoms with Crippen LogP contribution in [0.1, 0.15) is 5.56 Å². The fourth-order valence-electron chi connectivity index (χ4n) is 1.88. The Morgan fingerprint density at radius 3 is 3.07 bits per heavy atom. The lowest BCUT2D eigenvalue weighted by molar-refractivity contribution is 0.357. The second kappa shape index (κ2) is 3.02. The highest BCUT2D eigenvalue weighted by Gasteiger charge is 2.18. The molecule has 2 heterocycles. The molecule has 0 spiro atoms. The van der Waals surface area contributed by atoms with Crippen molar-refractivity contribution in [3.05, 3.63) is 29.8 Å². The average Bonchev–Trinajstić information content (AvgIpc) is 2.84. The van der Waals surface area contributed by atoms with Crippen LogP contribution in [0.3, 0.4) is 0 Å². The number of nitrogens with zero attached hydrogens (tertiary/aromatic N) is 1. The summed E-state index contributed by atoms with van der Waals surface area (Å²) in [5.41, 5.74) is 8.51. The Balaban J connectivity index is 2.16. The zero-order valence-electron chi connectivity index (χ0n) is 8.06. The third-order valence-corrected chi connectivity index (χ3v) is 2.55. The van der Waals surface area contributed by atoms with E-state index in [2.05, 4.69) is 5.16 Å². The fraction of sp³-hybridized carbons (Fsp3) is 0.182. The predicted molar refractivity (Wildman–Crippen MR) is 55.6 cm³/mol. The van der Waals surface area contributed by atoms with Crippen molar-refractivity contribution in [3.63, 3.8) is 0 Å². The van der Waals surface area contributed by atoms with E-state index < -0.39 is 0 Å². The highest BCUT2D eigenvalue weighted by atomic mass is 16.5. The standard InChI is InChI=1S/C11H10N2O2/c12-11-6-9(13-15-11)7-2-1-3-10-8(7)4-5-14-10/h1-3,6H,4-5,12H2. The van der Waals surface area contributed by atoms with Crippen LogP contribution in [0.25, 0.3) is 11.3 Å². The van der Waals surface area contributed by atoms with Gasteiger partial charge in [0.15, 0.2) is 0 Å². The lowest BCUT2D eigenvalue weighted by Gasteiger charge is -2.02. The lowest BCUT2D eigenvalue weighted by atomic mass is 10.0. The number of hydrogen-bond acceptors (Lipinski definition) is 4. The molecule has 0 fully saturated rings. The predicted octanol–water partition coefficient (Wildman–Crippen LogP) is 1.86. The van der Waals surface area contributed by atoms with E-state index in [1.54, 1.807) is 6.07 Å². The van der Waals surface area contributed by atoms with E-state index in [1.807, 2.05) is 18.2 Å². The molecule has 1 aromatic heterocycles. The summed E-state index contributed by atoms with van der Waals surface area (Å²) in [5.74, 6) is 1.27. The van der Waals surface area contributed by atoms with E-state index in [-0.39, 0.29) is 0 Å². The molecule has 0 amide bonds. The minimum atomic E-state index is 0.335. The third kappa shape index (κ3) is 1.26. The highest BCUT2D eigenvalue weighted by molar-refractivity contribution is 5.69. The first-order chi connectivity index (χ1) is 7.34. The SMILES string of the molecule is Nc1cc(-c2cccc3c2CCO3)no1. The Bertz CT molecular complexity index is 505. The van der Waals surface area contributed by atoms with E-state index in [0.29, 0.717) is 5.88 Å². The maximum absolute atomic E-state index is 5.50. The zero-order valence-corrected chi connectivity index (χ0v) is 8.06. The van der Waals surface area contributed by atoms with Gasteiger partial charge in [-0.2, -0.15) is 0 Å². The molecular formula is C11H10N2O2. The fourth-order valence-corrected chi connectivity index (χ4v) is 1.88. The molecule has 3 rings (SSSR count). The average molecular weight is 202 g/mol. The topological polar surface area (TPSA) is 61.3 Å². The maximum atomic E-state index is 5.50. The summed E-state index contributed by atoms with van der Waals surface area (Å²) in [6.07, 6.45) is 0.915. The van der Waals surface area contributed by atoms with Crippen LogP contribution in [0.15, 0.2) is 28.8 Å². The number of fused-ring (bicyclic) bond motifs is 1. The van der Waals surface area contributed by atoms with Gasteiger partial charge in [-0.15, -0.1) is 0 Å². The molecule has 0 saturated heterocycles. The second-order valence-corrected chi connectivity index (χ2v) is 3.50. The number of nitrogen functional groups attached to an aromatic ring is 1. The zero-order chi connectivity index (χ0) is 10.3. The molecule has 2 N–H and O–H groups in total. The summed E-state index contributed by atoms with van der Waals surface area (Å²) in [6.45, 7) is 0.736. The first kappa shape index (κ1) is 8.35. The molecule has 0 bridgehead atoms. The van der Waals surface area contributed by atoms with Crippen LogP contribution in [0.4, 0.5) is 5.88 Å². The van der Waals surface area contributed by atoms with Gasteiger partial charge in [0.25, 0.3) is 0 Å². The van der Waals surface area contributed by atoms with Crippen molar-refractivity contribution >= 4 is 5.88 Å². The molecule has 0 unspecified atom stereocenters. The minimum Gasteiger partial charge on any atom is -0.493 e. The smallest absolute Gasteiger partial charge is 0.222 e. The van der Waals surface area contributed by atoms with Gasteiger partial charge in [0, 0.05) is 23.6 Å². The molecule has 2 aromatic rings. The highest BCUT2D eigenvalue weighted by Crippen LogP contribution is 2.34. The number of nitrogens with two attached hydrogens (primary N) is 1. The third-order valence-electron chi connectivity index (χ3n) is 2.55. The van der Waals surface area contributed by atoms with Crippen LogP contribution in [-0.2, 0) is 6.42 Å². The molecule has 4 heteroatoms. The van der Waals surface area contributed by atoms with Gasteiger partial charge in [-0.1, -0.05) is 17.3 Å². The monoisotopic (exact) mass is 202 g/mol. The molecule has 1 aromatic carbocycles. The maximum Gasteiger partial charge on any atom is 0.222 e. The van der Waals surface area contributed by atoms with Crippen LogP contribution < -0.4 is 10.5 Å². The van der Waals surface area contributed by atoms with Gasteiger partial charge in [-0.05, 0) is 6.07 Å². The van der Waals surface area contributed by atoms with Crippen LogP contribution in [0.2, 0.25) is 0 Å². The van der Waals surface area contributed by atoms with Crippen molar-refractivity contribution in [2.24, 2.45) is 0 Å². The molecular weight excluding hydrogens is 192 g/mol. The van der Waals surface area contributed by atoms with Crippen LogP contribution in [-0.4, -0.2) is 11.8 Å². The molecule has 1 aliphatic heterocycles. The molecule has 0 saturated carbocycles.